The van der Waals surface area contributed by atoms with Gasteiger partial charge >= 0.3 is 0 Å². The highest BCUT2D eigenvalue weighted by Gasteiger charge is 2.20. The molecule has 0 atom stereocenters. The minimum absolute atomic E-state index is 0.115. The van der Waals surface area contributed by atoms with Crippen LogP contribution in [0.5, 0.6) is 5.75 Å². The van der Waals surface area contributed by atoms with Crippen molar-refractivity contribution in [3.05, 3.63) is 70.9 Å². The molecule has 0 spiro atoms. The Balaban J connectivity index is 1.93. The van der Waals surface area contributed by atoms with Crippen LogP contribution in [-0.2, 0) is 6.54 Å². The summed E-state index contributed by atoms with van der Waals surface area (Å²) >= 11 is 6.08. The van der Waals surface area contributed by atoms with E-state index in [2.05, 4.69) is 9.97 Å². The molecule has 3 rings (SSSR count). The molecular formula is C20H19ClN4O2. The smallest absolute Gasteiger partial charge is 0.257 e. The molecule has 27 heavy (non-hydrogen) atoms. The van der Waals surface area contributed by atoms with E-state index in [9.17, 15) is 4.79 Å². The van der Waals surface area contributed by atoms with Gasteiger partial charge in [-0.15, -0.1) is 0 Å². The zero-order valence-electron chi connectivity index (χ0n) is 15.0. The molecule has 0 aliphatic heterocycles. The molecular weight excluding hydrogens is 364 g/mol. The van der Waals surface area contributed by atoms with Gasteiger partial charge in [-0.3, -0.25) is 4.79 Å². The first-order chi connectivity index (χ1) is 13.0. The van der Waals surface area contributed by atoms with E-state index in [0.717, 1.165) is 11.1 Å². The Morgan fingerprint density at radius 1 is 1.22 bits per heavy atom. The van der Waals surface area contributed by atoms with Gasteiger partial charge in [0, 0.05) is 35.9 Å². The van der Waals surface area contributed by atoms with Gasteiger partial charge in [0.2, 0.25) is 5.95 Å². The number of nitrogens with zero attached hydrogens (tertiary/aromatic N) is 3. The predicted octanol–water partition coefficient (Wildman–Crippen LogP) is 3.66. The van der Waals surface area contributed by atoms with Gasteiger partial charge in [-0.1, -0.05) is 41.9 Å². The van der Waals surface area contributed by atoms with Crippen LogP contribution in [0.25, 0.3) is 11.3 Å². The van der Waals surface area contributed by atoms with E-state index in [0.29, 0.717) is 28.6 Å². The fraction of sp³-hybridized carbons (Fsp3) is 0.150. The van der Waals surface area contributed by atoms with Gasteiger partial charge in [-0.2, -0.15) is 0 Å². The first-order valence-electron chi connectivity index (χ1n) is 8.25. The number of ether oxygens (including phenoxy) is 1. The number of rotatable bonds is 5. The summed E-state index contributed by atoms with van der Waals surface area (Å²) in [7, 11) is 3.28. The molecule has 2 N–H and O–H groups in total. The third kappa shape index (κ3) is 4.17. The molecule has 1 heterocycles. The largest absolute Gasteiger partial charge is 0.496 e. The summed E-state index contributed by atoms with van der Waals surface area (Å²) in [6, 6.07) is 14.7. The van der Waals surface area contributed by atoms with Crippen molar-refractivity contribution in [1.82, 2.24) is 14.9 Å². The number of aromatic nitrogens is 2. The second kappa shape index (κ2) is 8.05. The van der Waals surface area contributed by atoms with Crippen molar-refractivity contribution >= 4 is 23.5 Å². The Bertz CT molecular complexity index is 963. The van der Waals surface area contributed by atoms with Gasteiger partial charge in [-0.05, 0) is 18.2 Å². The summed E-state index contributed by atoms with van der Waals surface area (Å²) in [5, 5.41) is 0.576. The third-order valence-corrected chi connectivity index (χ3v) is 4.32. The van der Waals surface area contributed by atoms with Crippen LogP contribution in [0.1, 0.15) is 15.9 Å². The van der Waals surface area contributed by atoms with E-state index in [1.807, 2.05) is 30.3 Å². The lowest BCUT2D eigenvalue weighted by Crippen LogP contribution is -2.27. The van der Waals surface area contributed by atoms with Gasteiger partial charge in [0.05, 0.1) is 18.4 Å². The minimum atomic E-state index is -0.226. The maximum absolute atomic E-state index is 13.1. The normalized spacial score (nSPS) is 10.5. The van der Waals surface area contributed by atoms with Gasteiger partial charge in [0.1, 0.15) is 5.75 Å². The number of carbonyl (C=O) groups is 1. The maximum Gasteiger partial charge on any atom is 0.257 e. The first kappa shape index (κ1) is 18.7. The van der Waals surface area contributed by atoms with Crippen molar-refractivity contribution in [2.24, 2.45) is 0 Å². The fourth-order valence-corrected chi connectivity index (χ4v) is 2.97. The lowest BCUT2D eigenvalue weighted by atomic mass is 10.1. The monoisotopic (exact) mass is 382 g/mol. The number of hydrogen-bond donors (Lipinski definition) is 1. The van der Waals surface area contributed by atoms with E-state index in [-0.39, 0.29) is 11.9 Å². The van der Waals surface area contributed by atoms with Crippen molar-refractivity contribution in [3.63, 3.8) is 0 Å². The second-order valence-corrected chi connectivity index (χ2v) is 6.41. The number of benzene rings is 2. The molecule has 0 radical (unpaired) electrons. The highest BCUT2D eigenvalue weighted by molar-refractivity contribution is 6.30. The maximum atomic E-state index is 13.1. The zero-order chi connectivity index (χ0) is 19.4. The molecule has 0 fully saturated rings. The molecule has 0 saturated heterocycles. The highest BCUT2D eigenvalue weighted by Crippen LogP contribution is 2.26. The molecule has 6 nitrogen and oxygen atoms in total. The first-order valence-corrected chi connectivity index (χ1v) is 8.63. The van der Waals surface area contributed by atoms with Crippen LogP contribution in [-0.4, -0.2) is 34.9 Å². The van der Waals surface area contributed by atoms with Gasteiger partial charge in [0.15, 0.2) is 0 Å². The third-order valence-electron chi connectivity index (χ3n) is 4.08. The van der Waals surface area contributed by atoms with Gasteiger partial charge in [0.25, 0.3) is 5.91 Å². The Hall–Kier alpha value is -3.12. The summed E-state index contributed by atoms with van der Waals surface area (Å²) in [5.74, 6) is 0.552. The zero-order valence-corrected chi connectivity index (χ0v) is 15.8. The average Bonchev–Trinajstić information content (AvgIpc) is 2.68. The predicted molar refractivity (Wildman–Crippen MR) is 106 cm³/mol. The van der Waals surface area contributed by atoms with Crippen molar-refractivity contribution in [2.75, 3.05) is 19.9 Å². The van der Waals surface area contributed by atoms with Crippen LogP contribution in [0.15, 0.2) is 54.7 Å². The molecule has 0 unspecified atom stereocenters. The molecule has 1 aromatic heterocycles. The molecule has 7 heteroatoms. The van der Waals surface area contributed by atoms with E-state index in [4.69, 9.17) is 22.1 Å². The number of methoxy groups -OCH3 is 1. The molecule has 1 amide bonds. The Labute approximate surface area is 162 Å². The average molecular weight is 383 g/mol. The van der Waals surface area contributed by atoms with Crippen LogP contribution >= 0.6 is 11.6 Å². The number of carbonyl (C=O) groups excluding carboxylic acids is 1. The van der Waals surface area contributed by atoms with Crippen LogP contribution in [0.3, 0.4) is 0 Å². The molecule has 0 aliphatic carbocycles. The summed E-state index contributed by atoms with van der Waals surface area (Å²) in [6.07, 6.45) is 1.46. The SMILES string of the molecule is COc1ccc(Cl)cc1CN(C)C(=O)c1cnc(N)nc1-c1ccccc1. The summed E-state index contributed by atoms with van der Waals surface area (Å²) < 4.78 is 5.36. The lowest BCUT2D eigenvalue weighted by molar-refractivity contribution is 0.0784. The van der Waals surface area contributed by atoms with Crippen molar-refractivity contribution in [2.45, 2.75) is 6.54 Å². The van der Waals surface area contributed by atoms with E-state index < -0.39 is 0 Å². The van der Waals surface area contributed by atoms with E-state index in [1.54, 1.807) is 37.3 Å². The topological polar surface area (TPSA) is 81.3 Å². The molecule has 0 aliphatic rings. The minimum Gasteiger partial charge on any atom is -0.496 e. The lowest BCUT2D eigenvalue weighted by Gasteiger charge is -2.20. The van der Waals surface area contributed by atoms with Gasteiger partial charge in [-0.25, -0.2) is 9.97 Å². The van der Waals surface area contributed by atoms with Crippen molar-refractivity contribution < 1.29 is 9.53 Å². The van der Waals surface area contributed by atoms with E-state index in [1.165, 1.54) is 6.20 Å². The van der Waals surface area contributed by atoms with Crippen LogP contribution in [0.2, 0.25) is 5.02 Å². The highest BCUT2D eigenvalue weighted by atomic mass is 35.5. The van der Waals surface area contributed by atoms with Crippen molar-refractivity contribution in [3.8, 4) is 17.0 Å². The number of halogens is 1. The molecule has 2 aromatic carbocycles. The quantitative estimate of drug-likeness (QED) is 0.728. The summed E-state index contributed by atoms with van der Waals surface area (Å²) in [6.45, 7) is 0.321. The number of anilines is 1. The summed E-state index contributed by atoms with van der Waals surface area (Å²) in [4.78, 5) is 22.9. The van der Waals surface area contributed by atoms with Crippen LogP contribution < -0.4 is 10.5 Å². The Morgan fingerprint density at radius 3 is 2.67 bits per heavy atom. The number of nitrogens with two attached hydrogens (primary N) is 1. The van der Waals surface area contributed by atoms with Crippen LogP contribution in [0.4, 0.5) is 5.95 Å². The summed E-state index contributed by atoms with van der Waals surface area (Å²) in [5.41, 5.74) is 8.21. The van der Waals surface area contributed by atoms with Crippen LogP contribution in [0, 0.1) is 0 Å². The number of amides is 1. The fourth-order valence-electron chi connectivity index (χ4n) is 2.77. The number of hydrogen-bond acceptors (Lipinski definition) is 5. The molecule has 138 valence electrons. The number of nitrogen functional groups attached to an aromatic ring is 1. The van der Waals surface area contributed by atoms with Crippen molar-refractivity contribution in [1.29, 1.82) is 0 Å². The Kier molecular flexibility index (Phi) is 5.57. The standard InChI is InChI=1S/C20H19ClN4O2/c1-25(12-14-10-15(21)8-9-17(14)27-2)19(26)16-11-23-20(22)24-18(16)13-6-4-3-5-7-13/h3-11H,12H2,1-2H3,(H2,22,23,24). The molecule has 0 saturated carbocycles. The molecule has 3 aromatic rings. The van der Waals surface area contributed by atoms with E-state index >= 15 is 0 Å². The van der Waals surface area contributed by atoms with Gasteiger partial charge < -0.3 is 15.4 Å². The second-order valence-electron chi connectivity index (χ2n) is 5.97. The Morgan fingerprint density at radius 2 is 1.96 bits per heavy atom. The molecule has 0 bridgehead atoms.